The normalized spacial score (nSPS) is 18.0. The third kappa shape index (κ3) is 4.31. The minimum absolute atomic E-state index is 0.147. The van der Waals surface area contributed by atoms with Crippen molar-refractivity contribution in [3.63, 3.8) is 0 Å². The topological polar surface area (TPSA) is 49.3 Å². The van der Waals surface area contributed by atoms with Crippen molar-refractivity contribution in [2.45, 2.75) is 44.1 Å². The molecule has 0 aromatic heterocycles. The molecule has 0 atom stereocenters. The molecule has 0 unspecified atom stereocenters. The summed E-state index contributed by atoms with van der Waals surface area (Å²) in [6, 6.07) is 6.02. The number of halogens is 1. The van der Waals surface area contributed by atoms with Crippen LogP contribution in [0.1, 0.15) is 37.7 Å². The van der Waals surface area contributed by atoms with Gasteiger partial charge in [-0.2, -0.15) is 0 Å². The number of hydrogen-bond donors (Lipinski definition) is 2. The maximum atomic E-state index is 13.0. The molecule has 104 valence electrons. The number of benzene rings is 1. The molecular weight excluding hydrogens is 245 g/mol. The standard InChI is InChI=1S/C15H20FNO2/c16-13-6-4-5-12(9-13)10-14(18)17-11-15(19)7-2-1-3-8-15/h4-6,9,19H,1-3,7-8,10-11H2,(H,17,18). The van der Waals surface area contributed by atoms with Gasteiger partial charge in [0.05, 0.1) is 12.0 Å². The first kappa shape index (κ1) is 14.0. The lowest BCUT2D eigenvalue weighted by Crippen LogP contribution is -2.44. The molecule has 0 spiro atoms. The van der Waals surface area contributed by atoms with E-state index < -0.39 is 5.60 Å². The summed E-state index contributed by atoms with van der Waals surface area (Å²) in [6.45, 7) is 0.293. The Morgan fingerprint density at radius 2 is 2.05 bits per heavy atom. The molecule has 1 fully saturated rings. The lowest BCUT2D eigenvalue weighted by Gasteiger charge is -2.32. The van der Waals surface area contributed by atoms with Crippen molar-refractivity contribution in [1.29, 1.82) is 0 Å². The second-order valence-corrected chi connectivity index (χ2v) is 5.37. The maximum Gasteiger partial charge on any atom is 0.224 e. The molecule has 0 radical (unpaired) electrons. The molecule has 1 aliphatic carbocycles. The van der Waals surface area contributed by atoms with Crippen LogP contribution in [0.15, 0.2) is 24.3 Å². The fraction of sp³-hybridized carbons (Fsp3) is 0.533. The number of nitrogens with one attached hydrogen (secondary N) is 1. The van der Waals surface area contributed by atoms with Crippen molar-refractivity contribution < 1.29 is 14.3 Å². The summed E-state index contributed by atoms with van der Waals surface area (Å²) < 4.78 is 13.0. The average Bonchev–Trinajstić information content (AvgIpc) is 2.38. The molecule has 0 bridgehead atoms. The second-order valence-electron chi connectivity index (χ2n) is 5.37. The fourth-order valence-corrected chi connectivity index (χ4v) is 2.54. The zero-order valence-corrected chi connectivity index (χ0v) is 11.0. The Hall–Kier alpha value is -1.42. The summed E-state index contributed by atoms with van der Waals surface area (Å²) in [4.78, 5) is 11.8. The van der Waals surface area contributed by atoms with Gasteiger partial charge in [-0.15, -0.1) is 0 Å². The van der Waals surface area contributed by atoms with Crippen LogP contribution in [-0.4, -0.2) is 23.2 Å². The van der Waals surface area contributed by atoms with Gasteiger partial charge in [0.15, 0.2) is 0 Å². The minimum atomic E-state index is -0.754. The Bertz CT molecular complexity index is 442. The van der Waals surface area contributed by atoms with Gasteiger partial charge in [0.1, 0.15) is 5.82 Å². The molecule has 2 rings (SSSR count). The molecular formula is C15H20FNO2. The molecule has 1 aromatic carbocycles. The number of carbonyl (C=O) groups excluding carboxylic acids is 1. The first-order valence-corrected chi connectivity index (χ1v) is 6.81. The third-order valence-corrected chi connectivity index (χ3v) is 3.65. The second kappa shape index (κ2) is 6.15. The van der Waals surface area contributed by atoms with Crippen molar-refractivity contribution in [2.75, 3.05) is 6.54 Å². The molecule has 1 saturated carbocycles. The molecule has 0 aliphatic heterocycles. The van der Waals surface area contributed by atoms with Gasteiger partial charge in [-0.25, -0.2) is 4.39 Å². The van der Waals surface area contributed by atoms with Gasteiger partial charge in [0, 0.05) is 6.54 Å². The highest BCUT2D eigenvalue weighted by Crippen LogP contribution is 2.27. The predicted octanol–water partition coefficient (Wildman–Crippen LogP) is 2.18. The van der Waals surface area contributed by atoms with E-state index in [4.69, 9.17) is 0 Å². The van der Waals surface area contributed by atoms with Crippen LogP contribution in [0.3, 0.4) is 0 Å². The van der Waals surface area contributed by atoms with Crippen LogP contribution in [0.2, 0.25) is 0 Å². The van der Waals surface area contributed by atoms with Gasteiger partial charge in [-0.1, -0.05) is 31.4 Å². The summed E-state index contributed by atoms with van der Waals surface area (Å²) in [6.07, 6.45) is 4.81. The Morgan fingerprint density at radius 3 is 2.74 bits per heavy atom. The Balaban J connectivity index is 1.81. The number of aliphatic hydroxyl groups is 1. The van der Waals surface area contributed by atoms with Crippen molar-refractivity contribution in [3.05, 3.63) is 35.6 Å². The molecule has 4 heteroatoms. The number of hydrogen-bond acceptors (Lipinski definition) is 2. The van der Waals surface area contributed by atoms with Gasteiger partial charge in [-0.05, 0) is 30.5 Å². The molecule has 3 nitrogen and oxygen atoms in total. The van der Waals surface area contributed by atoms with E-state index in [1.54, 1.807) is 12.1 Å². The quantitative estimate of drug-likeness (QED) is 0.876. The van der Waals surface area contributed by atoms with Crippen molar-refractivity contribution >= 4 is 5.91 Å². The van der Waals surface area contributed by atoms with E-state index in [2.05, 4.69) is 5.32 Å². The highest BCUT2D eigenvalue weighted by molar-refractivity contribution is 5.78. The highest BCUT2D eigenvalue weighted by Gasteiger charge is 2.29. The average molecular weight is 265 g/mol. The Labute approximate surface area is 112 Å². The summed E-state index contributed by atoms with van der Waals surface area (Å²) >= 11 is 0. The van der Waals surface area contributed by atoms with Crippen LogP contribution in [0.4, 0.5) is 4.39 Å². The summed E-state index contributed by atoms with van der Waals surface area (Å²) in [7, 11) is 0. The van der Waals surface area contributed by atoms with E-state index in [0.717, 1.165) is 32.1 Å². The SMILES string of the molecule is O=C(Cc1cccc(F)c1)NCC1(O)CCCCC1. The predicted molar refractivity (Wildman–Crippen MR) is 71.1 cm³/mol. The minimum Gasteiger partial charge on any atom is -0.388 e. The van der Waals surface area contributed by atoms with Gasteiger partial charge in [0.2, 0.25) is 5.91 Å². The zero-order chi connectivity index (χ0) is 13.7. The lowest BCUT2D eigenvalue weighted by molar-refractivity contribution is -0.122. The Morgan fingerprint density at radius 1 is 1.32 bits per heavy atom. The number of rotatable bonds is 4. The van der Waals surface area contributed by atoms with E-state index in [9.17, 15) is 14.3 Å². The summed E-state index contributed by atoms with van der Waals surface area (Å²) in [5.41, 5.74) is -0.108. The van der Waals surface area contributed by atoms with Crippen molar-refractivity contribution in [1.82, 2.24) is 5.32 Å². The molecule has 19 heavy (non-hydrogen) atoms. The number of carbonyl (C=O) groups is 1. The van der Waals surface area contributed by atoms with E-state index >= 15 is 0 Å². The Kier molecular flexibility index (Phi) is 4.53. The molecule has 1 aromatic rings. The summed E-state index contributed by atoms with van der Waals surface area (Å²) in [5, 5.41) is 13.0. The lowest BCUT2D eigenvalue weighted by atomic mass is 9.85. The van der Waals surface area contributed by atoms with E-state index in [0.29, 0.717) is 12.1 Å². The highest BCUT2D eigenvalue weighted by atomic mass is 19.1. The van der Waals surface area contributed by atoms with E-state index in [1.165, 1.54) is 12.1 Å². The maximum absolute atomic E-state index is 13.0. The van der Waals surface area contributed by atoms with Crippen LogP contribution < -0.4 is 5.32 Å². The van der Waals surface area contributed by atoms with Crippen LogP contribution in [-0.2, 0) is 11.2 Å². The van der Waals surface area contributed by atoms with Crippen LogP contribution >= 0.6 is 0 Å². The molecule has 1 amide bonds. The van der Waals surface area contributed by atoms with Gasteiger partial charge < -0.3 is 10.4 Å². The molecule has 0 saturated heterocycles. The van der Waals surface area contributed by atoms with E-state index in [-0.39, 0.29) is 18.1 Å². The molecule has 0 heterocycles. The number of amides is 1. The summed E-state index contributed by atoms with van der Waals surface area (Å²) in [5.74, 6) is -0.513. The molecule has 2 N–H and O–H groups in total. The first-order valence-electron chi connectivity index (χ1n) is 6.81. The van der Waals surface area contributed by atoms with Crippen LogP contribution in [0.25, 0.3) is 0 Å². The molecule has 1 aliphatic rings. The first-order chi connectivity index (χ1) is 9.07. The third-order valence-electron chi connectivity index (χ3n) is 3.65. The zero-order valence-electron chi connectivity index (χ0n) is 11.0. The van der Waals surface area contributed by atoms with Crippen LogP contribution in [0.5, 0.6) is 0 Å². The van der Waals surface area contributed by atoms with Gasteiger partial charge >= 0.3 is 0 Å². The largest absolute Gasteiger partial charge is 0.388 e. The monoisotopic (exact) mass is 265 g/mol. The van der Waals surface area contributed by atoms with Gasteiger partial charge in [0.25, 0.3) is 0 Å². The van der Waals surface area contributed by atoms with Crippen molar-refractivity contribution in [2.24, 2.45) is 0 Å². The fourth-order valence-electron chi connectivity index (χ4n) is 2.54. The van der Waals surface area contributed by atoms with Crippen molar-refractivity contribution in [3.8, 4) is 0 Å². The smallest absolute Gasteiger partial charge is 0.224 e. The van der Waals surface area contributed by atoms with Crippen LogP contribution in [0, 0.1) is 5.82 Å². The van der Waals surface area contributed by atoms with E-state index in [1.807, 2.05) is 0 Å². The van der Waals surface area contributed by atoms with Gasteiger partial charge in [-0.3, -0.25) is 4.79 Å².